The summed E-state index contributed by atoms with van der Waals surface area (Å²) in [5, 5.41) is 0. The number of H-pyrrole nitrogens is 1. The van der Waals surface area contributed by atoms with E-state index in [0.717, 1.165) is 33.1 Å². The number of nitrogens with one attached hydrogen (secondary N) is 1. The zero-order chi connectivity index (χ0) is 15.5. The fourth-order valence-electron chi connectivity index (χ4n) is 2.45. The number of fused-ring (bicyclic) bond motifs is 3. The molecule has 0 spiro atoms. The van der Waals surface area contributed by atoms with Crippen molar-refractivity contribution in [1.82, 2.24) is 19.9 Å². The van der Waals surface area contributed by atoms with Crippen molar-refractivity contribution < 1.29 is 0 Å². The first-order chi connectivity index (χ1) is 11.4. The highest BCUT2D eigenvalue weighted by Crippen LogP contribution is 2.14. The van der Waals surface area contributed by atoms with Crippen molar-refractivity contribution in [3.8, 4) is 0 Å². The fourth-order valence-corrected chi connectivity index (χ4v) is 2.45. The van der Waals surface area contributed by atoms with Crippen LogP contribution in [-0.4, -0.2) is 19.9 Å². The molecule has 4 heteroatoms. The van der Waals surface area contributed by atoms with Gasteiger partial charge in [-0.1, -0.05) is 36.4 Å². The minimum Gasteiger partial charge on any atom is -0.345 e. The van der Waals surface area contributed by atoms with Crippen LogP contribution in [0, 0.1) is 0 Å². The predicted molar refractivity (Wildman–Crippen MR) is 93.1 cm³/mol. The van der Waals surface area contributed by atoms with E-state index in [4.69, 9.17) is 0 Å². The molecule has 110 valence electrons. The summed E-state index contributed by atoms with van der Waals surface area (Å²) in [4.78, 5) is 16.1. The van der Waals surface area contributed by atoms with Gasteiger partial charge in [-0.25, -0.2) is 15.0 Å². The van der Waals surface area contributed by atoms with Crippen LogP contribution in [0.15, 0.2) is 79.1 Å². The second-order valence-corrected chi connectivity index (χ2v) is 5.12. The molecule has 0 aliphatic heterocycles. The van der Waals surface area contributed by atoms with Gasteiger partial charge >= 0.3 is 0 Å². The molecule has 4 nitrogen and oxygen atoms in total. The van der Waals surface area contributed by atoms with Gasteiger partial charge in [-0.2, -0.15) is 0 Å². The number of nitrogens with zero attached hydrogens (tertiary/aromatic N) is 3. The van der Waals surface area contributed by atoms with Crippen LogP contribution in [0.1, 0.15) is 0 Å². The van der Waals surface area contributed by atoms with Crippen molar-refractivity contribution in [1.29, 1.82) is 0 Å². The SMILES string of the molecule is c1ccc2[nH]cnc2c1.c1ccc2nc3ccccc3nc2c1. The number of aromatic nitrogens is 4. The Bertz CT molecular complexity index is 947. The van der Waals surface area contributed by atoms with Gasteiger partial charge < -0.3 is 4.98 Å². The van der Waals surface area contributed by atoms with E-state index in [-0.39, 0.29) is 0 Å². The summed E-state index contributed by atoms with van der Waals surface area (Å²) >= 11 is 0. The van der Waals surface area contributed by atoms with E-state index in [9.17, 15) is 0 Å². The molecule has 2 aromatic heterocycles. The van der Waals surface area contributed by atoms with Crippen LogP contribution >= 0.6 is 0 Å². The number of hydrogen-bond acceptors (Lipinski definition) is 3. The first-order valence-electron chi connectivity index (χ1n) is 7.40. The lowest BCUT2D eigenvalue weighted by Crippen LogP contribution is -1.85. The van der Waals surface area contributed by atoms with E-state index in [2.05, 4.69) is 19.9 Å². The molecule has 3 aromatic carbocycles. The molecule has 0 saturated heterocycles. The monoisotopic (exact) mass is 298 g/mol. The van der Waals surface area contributed by atoms with Gasteiger partial charge in [-0.15, -0.1) is 0 Å². The topological polar surface area (TPSA) is 54.5 Å². The van der Waals surface area contributed by atoms with Gasteiger partial charge in [-0.05, 0) is 36.4 Å². The maximum Gasteiger partial charge on any atom is 0.0931 e. The smallest absolute Gasteiger partial charge is 0.0931 e. The Morgan fingerprint density at radius 2 is 0.957 bits per heavy atom. The minimum atomic E-state index is 0.950. The van der Waals surface area contributed by atoms with Gasteiger partial charge in [0.05, 0.1) is 39.4 Å². The molecule has 0 fully saturated rings. The van der Waals surface area contributed by atoms with E-state index in [1.807, 2.05) is 72.8 Å². The summed E-state index contributed by atoms with van der Waals surface area (Å²) in [5.41, 5.74) is 5.92. The lowest BCUT2D eigenvalue weighted by atomic mass is 10.2. The molecular formula is C19H14N4. The second kappa shape index (κ2) is 5.85. The quantitative estimate of drug-likeness (QED) is 0.432. The Balaban J connectivity index is 0.000000130. The molecule has 0 bridgehead atoms. The van der Waals surface area contributed by atoms with E-state index in [1.54, 1.807) is 6.33 Å². The number of hydrogen-bond donors (Lipinski definition) is 1. The summed E-state index contributed by atoms with van der Waals surface area (Å²) in [5.74, 6) is 0. The van der Waals surface area contributed by atoms with Gasteiger partial charge in [0.25, 0.3) is 0 Å². The van der Waals surface area contributed by atoms with Crippen molar-refractivity contribution >= 4 is 33.1 Å². The van der Waals surface area contributed by atoms with Crippen molar-refractivity contribution in [2.75, 3.05) is 0 Å². The van der Waals surface area contributed by atoms with Crippen LogP contribution in [0.3, 0.4) is 0 Å². The average molecular weight is 298 g/mol. The lowest BCUT2D eigenvalue weighted by Gasteiger charge is -1.98. The van der Waals surface area contributed by atoms with Crippen LogP contribution in [0.2, 0.25) is 0 Å². The number of para-hydroxylation sites is 6. The summed E-state index contributed by atoms with van der Waals surface area (Å²) in [6, 6.07) is 23.8. The normalized spacial score (nSPS) is 10.6. The molecule has 0 atom stereocenters. The van der Waals surface area contributed by atoms with Gasteiger partial charge in [0.15, 0.2) is 0 Å². The maximum atomic E-state index is 4.52. The van der Waals surface area contributed by atoms with Crippen LogP contribution in [0.4, 0.5) is 0 Å². The molecule has 5 aromatic rings. The van der Waals surface area contributed by atoms with Crippen molar-refractivity contribution in [2.24, 2.45) is 0 Å². The molecule has 23 heavy (non-hydrogen) atoms. The fraction of sp³-hybridized carbons (Fsp3) is 0. The molecule has 0 unspecified atom stereocenters. The molecule has 5 rings (SSSR count). The molecule has 0 radical (unpaired) electrons. The number of rotatable bonds is 0. The summed E-state index contributed by atoms with van der Waals surface area (Å²) in [6.07, 6.45) is 1.70. The zero-order valence-corrected chi connectivity index (χ0v) is 12.3. The Labute approximate surface area is 132 Å². The number of aromatic amines is 1. The van der Waals surface area contributed by atoms with Crippen LogP contribution in [0.5, 0.6) is 0 Å². The summed E-state index contributed by atoms with van der Waals surface area (Å²) < 4.78 is 0. The lowest BCUT2D eigenvalue weighted by molar-refractivity contribution is 1.34. The highest BCUT2D eigenvalue weighted by Gasteiger charge is 1.98. The van der Waals surface area contributed by atoms with Gasteiger partial charge in [-0.3, -0.25) is 0 Å². The van der Waals surface area contributed by atoms with E-state index < -0.39 is 0 Å². The molecule has 2 heterocycles. The summed E-state index contributed by atoms with van der Waals surface area (Å²) in [6.45, 7) is 0. The number of imidazole rings is 1. The van der Waals surface area contributed by atoms with Gasteiger partial charge in [0.1, 0.15) is 0 Å². The van der Waals surface area contributed by atoms with Crippen molar-refractivity contribution in [2.45, 2.75) is 0 Å². The zero-order valence-electron chi connectivity index (χ0n) is 12.3. The maximum absolute atomic E-state index is 4.52. The Hall–Kier alpha value is -3.27. The molecule has 0 aliphatic rings. The Morgan fingerprint density at radius 3 is 1.43 bits per heavy atom. The van der Waals surface area contributed by atoms with Crippen molar-refractivity contribution in [3.63, 3.8) is 0 Å². The molecular weight excluding hydrogens is 284 g/mol. The first-order valence-corrected chi connectivity index (χ1v) is 7.40. The number of benzene rings is 3. The van der Waals surface area contributed by atoms with Gasteiger partial charge in [0.2, 0.25) is 0 Å². The second-order valence-electron chi connectivity index (χ2n) is 5.12. The third kappa shape index (κ3) is 2.74. The highest BCUT2D eigenvalue weighted by molar-refractivity contribution is 5.85. The van der Waals surface area contributed by atoms with E-state index in [1.165, 1.54) is 0 Å². The molecule has 0 aliphatic carbocycles. The highest BCUT2D eigenvalue weighted by atomic mass is 14.9. The molecule has 1 N–H and O–H groups in total. The first kappa shape index (κ1) is 13.4. The third-order valence-corrected chi connectivity index (χ3v) is 3.57. The van der Waals surface area contributed by atoms with Crippen molar-refractivity contribution in [3.05, 3.63) is 79.1 Å². The molecule has 0 amide bonds. The minimum absolute atomic E-state index is 0.950. The Morgan fingerprint density at radius 1 is 0.522 bits per heavy atom. The van der Waals surface area contributed by atoms with Crippen LogP contribution in [-0.2, 0) is 0 Å². The summed E-state index contributed by atoms with van der Waals surface area (Å²) in [7, 11) is 0. The Kier molecular flexibility index (Phi) is 3.41. The van der Waals surface area contributed by atoms with Crippen LogP contribution in [0.25, 0.3) is 33.1 Å². The average Bonchev–Trinajstić information content (AvgIpc) is 3.09. The van der Waals surface area contributed by atoms with E-state index >= 15 is 0 Å². The molecule has 0 saturated carbocycles. The standard InChI is InChI=1S/C12H8N2.C7H6N2/c1-2-6-10-9(5-1)13-11-7-3-4-8-12(11)14-10;1-2-4-7-6(3-1)8-5-9-7/h1-8H;1-5H,(H,8,9). The predicted octanol–water partition coefficient (Wildman–Crippen LogP) is 4.35. The van der Waals surface area contributed by atoms with E-state index in [0.29, 0.717) is 0 Å². The van der Waals surface area contributed by atoms with Gasteiger partial charge in [0, 0.05) is 0 Å². The van der Waals surface area contributed by atoms with Crippen LogP contribution < -0.4 is 0 Å². The largest absolute Gasteiger partial charge is 0.345 e. The third-order valence-electron chi connectivity index (χ3n) is 3.57.